The highest BCUT2D eigenvalue weighted by molar-refractivity contribution is 5.87. The maximum Gasteiger partial charge on any atom is 0.333 e. The first-order valence-corrected chi connectivity index (χ1v) is 13.3. The van der Waals surface area contributed by atoms with E-state index >= 15 is 0 Å². The van der Waals surface area contributed by atoms with Crippen LogP contribution in [0.15, 0.2) is 72.8 Å². The molecule has 0 saturated carbocycles. The van der Waals surface area contributed by atoms with Crippen molar-refractivity contribution in [1.82, 2.24) is 0 Å². The second-order valence-electron chi connectivity index (χ2n) is 9.43. The van der Waals surface area contributed by atoms with E-state index in [-0.39, 0.29) is 11.8 Å². The van der Waals surface area contributed by atoms with Gasteiger partial charge in [0, 0.05) is 16.7 Å². The molecule has 0 aromatic heterocycles. The Kier molecular flexibility index (Phi) is 11.7. The minimum atomic E-state index is -0.287. The molecule has 3 aromatic rings. The SMILES string of the molecule is C=C(C)C(=O)OCCCCCCCCCCCOc1ccc2cc(C#Cc3ccc(F)cc3)ccc2c1. The summed E-state index contributed by atoms with van der Waals surface area (Å²) in [7, 11) is 0. The number of hydrogen-bond acceptors (Lipinski definition) is 3. The lowest BCUT2D eigenvalue weighted by atomic mass is 10.1. The topological polar surface area (TPSA) is 35.5 Å². The summed E-state index contributed by atoms with van der Waals surface area (Å²) >= 11 is 0. The van der Waals surface area contributed by atoms with Crippen LogP contribution in [-0.4, -0.2) is 19.2 Å². The fourth-order valence-corrected chi connectivity index (χ4v) is 3.99. The van der Waals surface area contributed by atoms with Crippen molar-refractivity contribution in [2.24, 2.45) is 0 Å². The van der Waals surface area contributed by atoms with Crippen LogP contribution in [0.25, 0.3) is 10.8 Å². The normalized spacial score (nSPS) is 10.5. The zero-order chi connectivity index (χ0) is 26.3. The van der Waals surface area contributed by atoms with E-state index in [2.05, 4.69) is 42.7 Å². The third kappa shape index (κ3) is 10.5. The molecule has 0 aliphatic rings. The molecule has 0 aliphatic carbocycles. The summed E-state index contributed by atoms with van der Waals surface area (Å²) < 4.78 is 24.1. The minimum absolute atomic E-state index is 0.255. The third-order valence-corrected chi connectivity index (χ3v) is 6.15. The Morgan fingerprint density at radius 3 is 1.95 bits per heavy atom. The van der Waals surface area contributed by atoms with Gasteiger partial charge < -0.3 is 9.47 Å². The summed E-state index contributed by atoms with van der Waals surface area (Å²) in [6.45, 7) is 6.48. The van der Waals surface area contributed by atoms with E-state index in [0.29, 0.717) is 12.2 Å². The number of fused-ring (bicyclic) bond motifs is 1. The molecule has 3 aromatic carbocycles. The van der Waals surface area contributed by atoms with Gasteiger partial charge in [-0.2, -0.15) is 0 Å². The molecule has 3 rings (SSSR count). The van der Waals surface area contributed by atoms with Gasteiger partial charge in [-0.25, -0.2) is 9.18 Å². The van der Waals surface area contributed by atoms with Gasteiger partial charge in [0.05, 0.1) is 13.2 Å². The average Bonchev–Trinajstić information content (AvgIpc) is 2.90. The zero-order valence-corrected chi connectivity index (χ0v) is 21.9. The second kappa shape index (κ2) is 15.5. The Morgan fingerprint density at radius 2 is 1.27 bits per heavy atom. The maximum absolute atomic E-state index is 13.0. The van der Waals surface area contributed by atoms with Gasteiger partial charge in [0.25, 0.3) is 0 Å². The first-order valence-electron chi connectivity index (χ1n) is 13.3. The van der Waals surface area contributed by atoms with Crippen LogP contribution in [-0.2, 0) is 9.53 Å². The van der Waals surface area contributed by atoms with Crippen LogP contribution < -0.4 is 4.74 Å². The van der Waals surface area contributed by atoms with Crippen molar-refractivity contribution in [3.05, 3.63) is 89.8 Å². The molecule has 194 valence electrons. The van der Waals surface area contributed by atoms with Crippen LogP contribution in [0, 0.1) is 17.7 Å². The van der Waals surface area contributed by atoms with Gasteiger partial charge in [-0.1, -0.05) is 75.5 Å². The highest BCUT2D eigenvalue weighted by Crippen LogP contribution is 2.22. The Labute approximate surface area is 220 Å². The standard InChI is InChI=1S/C33H37FO3/c1-26(2)33(35)37-23-11-9-7-5-3-4-6-8-10-22-36-32-21-18-29-24-28(14-17-30(29)25-32)13-12-27-15-19-31(34)20-16-27/h14-21,24-25H,1,3-11,22-23H2,2H3. The fourth-order valence-electron chi connectivity index (χ4n) is 3.99. The van der Waals surface area contributed by atoms with Crippen molar-refractivity contribution < 1.29 is 18.7 Å². The number of hydrogen-bond donors (Lipinski definition) is 0. The summed E-state index contributed by atoms with van der Waals surface area (Å²) in [6.07, 6.45) is 10.5. The molecule has 4 heteroatoms. The van der Waals surface area contributed by atoms with Gasteiger partial charge in [-0.15, -0.1) is 0 Å². The molecule has 0 bridgehead atoms. The lowest BCUT2D eigenvalue weighted by Gasteiger charge is -2.08. The van der Waals surface area contributed by atoms with E-state index in [1.807, 2.05) is 12.1 Å². The highest BCUT2D eigenvalue weighted by Gasteiger charge is 2.02. The van der Waals surface area contributed by atoms with E-state index < -0.39 is 0 Å². The number of carbonyl (C=O) groups excluding carboxylic acids is 1. The monoisotopic (exact) mass is 500 g/mol. The van der Waals surface area contributed by atoms with Crippen molar-refractivity contribution in [3.8, 4) is 17.6 Å². The number of benzene rings is 3. The minimum Gasteiger partial charge on any atom is -0.494 e. The van der Waals surface area contributed by atoms with E-state index in [9.17, 15) is 9.18 Å². The molecule has 0 saturated heterocycles. The molecule has 37 heavy (non-hydrogen) atoms. The fraction of sp³-hybridized carbons (Fsp3) is 0.364. The van der Waals surface area contributed by atoms with Gasteiger partial charge in [0.2, 0.25) is 0 Å². The summed E-state index contributed by atoms with van der Waals surface area (Å²) in [5, 5.41) is 2.24. The highest BCUT2D eigenvalue weighted by atomic mass is 19.1. The van der Waals surface area contributed by atoms with Crippen LogP contribution in [0.1, 0.15) is 75.8 Å². The Bertz CT molecular complexity index is 1220. The second-order valence-corrected chi connectivity index (χ2v) is 9.43. The Hall–Kier alpha value is -3.58. The lowest BCUT2D eigenvalue weighted by molar-refractivity contribution is -0.139. The Balaban J connectivity index is 1.26. The summed E-state index contributed by atoms with van der Waals surface area (Å²) in [6, 6.07) is 18.5. The summed E-state index contributed by atoms with van der Waals surface area (Å²) in [5.41, 5.74) is 2.18. The molecule has 0 amide bonds. The van der Waals surface area contributed by atoms with Crippen molar-refractivity contribution in [3.63, 3.8) is 0 Å². The van der Waals surface area contributed by atoms with Gasteiger partial charge in [-0.3, -0.25) is 0 Å². The number of ether oxygens (including phenoxy) is 2. The van der Waals surface area contributed by atoms with Gasteiger partial charge in [-0.05, 0) is 79.1 Å². The van der Waals surface area contributed by atoms with E-state index in [4.69, 9.17) is 9.47 Å². The maximum atomic E-state index is 13.0. The van der Waals surface area contributed by atoms with Gasteiger partial charge >= 0.3 is 5.97 Å². The molecule has 0 N–H and O–H groups in total. The molecular formula is C33H37FO3. The molecule has 0 radical (unpaired) electrons. The molecule has 0 heterocycles. The lowest BCUT2D eigenvalue weighted by Crippen LogP contribution is -2.05. The van der Waals surface area contributed by atoms with Gasteiger partial charge in [0.15, 0.2) is 0 Å². The molecule has 0 fully saturated rings. The first kappa shape index (κ1) is 28.0. The van der Waals surface area contributed by atoms with Crippen LogP contribution in [0.4, 0.5) is 4.39 Å². The summed E-state index contributed by atoms with van der Waals surface area (Å²) in [4.78, 5) is 11.3. The summed E-state index contributed by atoms with van der Waals surface area (Å²) in [5.74, 6) is 6.58. The largest absolute Gasteiger partial charge is 0.494 e. The van der Waals surface area contributed by atoms with E-state index in [1.165, 1.54) is 50.7 Å². The average molecular weight is 501 g/mol. The molecule has 0 aliphatic heterocycles. The number of unbranched alkanes of at least 4 members (excludes halogenated alkanes) is 8. The van der Waals surface area contributed by atoms with E-state index in [0.717, 1.165) is 53.5 Å². The van der Waals surface area contributed by atoms with Crippen LogP contribution in [0.5, 0.6) is 5.75 Å². The number of esters is 1. The van der Waals surface area contributed by atoms with Crippen LogP contribution >= 0.6 is 0 Å². The van der Waals surface area contributed by atoms with Crippen LogP contribution in [0.2, 0.25) is 0 Å². The molecule has 0 atom stereocenters. The smallest absolute Gasteiger partial charge is 0.333 e. The number of rotatable bonds is 14. The molecule has 3 nitrogen and oxygen atoms in total. The molecule has 0 unspecified atom stereocenters. The predicted molar refractivity (Wildman–Crippen MR) is 149 cm³/mol. The molecular weight excluding hydrogens is 463 g/mol. The van der Waals surface area contributed by atoms with Crippen LogP contribution in [0.3, 0.4) is 0 Å². The number of halogens is 1. The van der Waals surface area contributed by atoms with Crippen molar-refractivity contribution in [2.45, 2.75) is 64.7 Å². The van der Waals surface area contributed by atoms with Gasteiger partial charge in [0.1, 0.15) is 11.6 Å². The quantitative estimate of drug-likeness (QED) is 0.0965. The van der Waals surface area contributed by atoms with E-state index in [1.54, 1.807) is 19.1 Å². The number of carbonyl (C=O) groups is 1. The Morgan fingerprint density at radius 1 is 0.730 bits per heavy atom. The third-order valence-electron chi connectivity index (χ3n) is 6.15. The molecule has 0 spiro atoms. The zero-order valence-electron chi connectivity index (χ0n) is 21.9. The van der Waals surface area contributed by atoms with Crippen molar-refractivity contribution in [2.75, 3.05) is 13.2 Å². The van der Waals surface area contributed by atoms with Crippen molar-refractivity contribution >= 4 is 16.7 Å². The van der Waals surface area contributed by atoms with Crippen molar-refractivity contribution in [1.29, 1.82) is 0 Å². The predicted octanol–water partition coefficient (Wildman–Crippen LogP) is 8.39. The first-order chi connectivity index (χ1) is 18.0.